The van der Waals surface area contributed by atoms with Crippen molar-refractivity contribution in [1.82, 2.24) is 19.3 Å². The Morgan fingerprint density at radius 3 is 2.46 bits per heavy atom. The van der Waals surface area contributed by atoms with E-state index in [2.05, 4.69) is 10.1 Å². The van der Waals surface area contributed by atoms with Gasteiger partial charge in [0.25, 0.3) is 5.56 Å². The van der Waals surface area contributed by atoms with E-state index >= 15 is 0 Å². The van der Waals surface area contributed by atoms with Crippen LogP contribution in [0.4, 0.5) is 0 Å². The van der Waals surface area contributed by atoms with Crippen LogP contribution >= 0.6 is 0 Å². The lowest BCUT2D eigenvalue weighted by Gasteiger charge is -2.08. The summed E-state index contributed by atoms with van der Waals surface area (Å²) in [6, 6.07) is 15.7. The van der Waals surface area contributed by atoms with Crippen molar-refractivity contribution in [2.45, 2.75) is 13.8 Å². The van der Waals surface area contributed by atoms with E-state index in [0.717, 1.165) is 22.5 Å². The number of hydrogen-bond acceptors (Lipinski definition) is 3. The molecule has 0 fully saturated rings. The van der Waals surface area contributed by atoms with Crippen molar-refractivity contribution in [3.8, 4) is 11.4 Å². The Morgan fingerprint density at radius 2 is 1.71 bits per heavy atom. The van der Waals surface area contributed by atoms with E-state index in [-0.39, 0.29) is 5.56 Å². The lowest BCUT2D eigenvalue weighted by Crippen LogP contribution is -2.18. The van der Waals surface area contributed by atoms with Gasteiger partial charge in [-0.2, -0.15) is 5.10 Å². The second-order valence-corrected chi connectivity index (χ2v) is 5.84. The average Bonchev–Trinajstić information content (AvgIpc) is 3.01. The zero-order chi connectivity index (χ0) is 16.7. The van der Waals surface area contributed by atoms with Gasteiger partial charge in [0, 0.05) is 0 Å². The van der Waals surface area contributed by atoms with Crippen LogP contribution in [0, 0.1) is 13.8 Å². The molecule has 0 aliphatic heterocycles. The SMILES string of the molecule is Cc1ccc(-n2cnc3c(cnn3-c3ccccc3C)c2=O)cc1. The summed E-state index contributed by atoms with van der Waals surface area (Å²) < 4.78 is 3.26. The molecule has 0 aliphatic rings. The van der Waals surface area contributed by atoms with Crippen LogP contribution < -0.4 is 5.56 Å². The molecule has 2 heterocycles. The van der Waals surface area contributed by atoms with Crippen LogP contribution in [0.3, 0.4) is 0 Å². The topological polar surface area (TPSA) is 52.7 Å². The highest BCUT2D eigenvalue weighted by Crippen LogP contribution is 2.17. The highest BCUT2D eigenvalue weighted by Gasteiger charge is 2.13. The van der Waals surface area contributed by atoms with Crippen LogP contribution in [0.15, 0.2) is 65.8 Å². The van der Waals surface area contributed by atoms with Gasteiger partial charge in [0.1, 0.15) is 11.7 Å². The van der Waals surface area contributed by atoms with E-state index in [1.165, 1.54) is 0 Å². The van der Waals surface area contributed by atoms with Crippen LogP contribution in [0.2, 0.25) is 0 Å². The fourth-order valence-corrected chi connectivity index (χ4v) is 2.78. The second-order valence-electron chi connectivity index (χ2n) is 5.84. The first-order valence-corrected chi connectivity index (χ1v) is 7.73. The summed E-state index contributed by atoms with van der Waals surface area (Å²) in [6.07, 6.45) is 3.15. The van der Waals surface area contributed by atoms with Gasteiger partial charge in [-0.1, -0.05) is 35.9 Å². The lowest BCUT2D eigenvalue weighted by atomic mass is 10.2. The van der Waals surface area contributed by atoms with Gasteiger partial charge in [0.15, 0.2) is 5.65 Å². The fourth-order valence-electron chi connectivity index (χ4n) is 2.78. The Labute approximate surface area is 138 Å². The number of hydrogen-bond donors (Lipinski definition) is 0. The number of aromatic nitrogens is 4. The number of fused-ring (bicyclic) bond motifs is 1. The predicted octanol–water partition coefficient (Wildman–Crippen LogP) is 3.19. The van der Waals surface area contributed by atoms with E-state index in [9.17, 15) is 4.79 Å². The first-order valence-electron chi connectivity index (χ1n) is 7.73. The van der Waals surface area contributed by atoms with Gasteiger partial charge in [-0.25, -0.2) is 9.67 Å². The monoisotopic (exact) mass is 316 g/mol. The van der Waals surface area contributed by atoms with Gasteiger partial charge in [0.05, 0.1) is 17.6 Å². The summed E-state index contributed by atoms with van der Waals surface area (Å²) in [4.78, 5) is 17.3. The van der Waals surface area contributed by atoms with Crippen molar-refractivity contribution in [3.05, 3.63) is 82.5 Å². The Balaban J connectivity index is 1.92. The summed E-state index contributed by atoms with van der Waals surface area (Å²) in [6.45, 7) is 4.02. The smallest absolute Gasteiger partial charge is 0.268 e. The molecule has 0 unspecified atom stereocenters. The summed E-state index contributed by atoms with van der Waals surface area (Å²) in [5.41, 5.74) is 4.39. The number of nitrogens with zero attached hydrogens (tertiary/aromatic N) is 4. The highest BCUT2D eigenvalue weighted by atomic mass is 16.1. The van der Waals surface area contributed by atoms with Crippen LogP contribution in [-0.4, -0.2) is 19.3 Å². The molecule has 4 aromatic rings. The summed E-state index contributed by atoms with van der Waals surface area (Å²) in [5.74, 6) is 0. The van der Waals surface area contributed by atoms with E-state index in [4.69, 9.17) is 0 Å². The summed E-state index contributed by atoms with van der Waals surface area (Å²) in [7, 11) is 0. The molecular weight excluding hydrogens is 300 g/mol. The first-order chi connectivity index (χ1) is 11.6. The van der Waals surface area contributed by atoms with Gasteiger partial charge in [-0.05, 0) is 37.6 Å². The second kappa shape index (κ2) is 5.45. The van der Waals surface area contributed by atoms with Crippen LogP contribution in [0.25, 0.3) is 22.4 Å². The third-order valence-electron chi connectivity index (χ3n) is 4.14. The number of rotatable bonds is 2. The van der Waals surface area contributed by atoms with E-state index < -0.39 is 0 Å². The Hall–Kier alpha value is -3.21. The molecule has 0 amide bonds. The van der Waals surface area contributed by atoms with Crippen LogP contribution in [-0.2, 0) is 0 Å². The van der Waals surface area contributed by atoms with E-state index in [0.29, 0.717) is 11.0 Å². The number of aryl methyl sites for hydroxylation is 2. The van der Waals surface area contributed by atoms with E-state index in [1.54, 1.807) is 21.8 Å². The minimum atomic E-state index is -0.122. The van der Waals surface area contributed by atoms with E-state index in [1.807, 2.05) is 62.4 Å². The summed E-state index contributed by atoms with van der Waals surface area (Å²) >= 11 is 0. The van der Waals surface area contributed by atoms with Crippen molar-refractivity contribution < 1.29 is 0 Å². The minimum Gasteiger partial charge on any atom is -0.268 e. The lowest BCUT2D eigenvalue weighted by molar-refractivity contribution is 0.878. The molecule has 2 aromatic heterocycles. The van der Waals surface area contributed by atoms with Gasteiger partial charge >= 0.3 is 0 Å². The van der Waals surface area contributed by atoms with Crippen molar-refractivity contribution >= 4 is 11.0 Å². The molecule has 5 heteroatoms. The van der Waals surface area contributed by atoms with Crippen LogP contribution in [0.5, 0.6) is 0 Å². The van der Waals surface area contributed by atoms with Gasteiger partial charge < -0.3 is 0 Å². The molecule has 0 aliphatic carbocycles. The Kier molecular flexibility index (Phi) is 3.27. The van der Waals surface area contributed by atoms with Gasteiger partial charge in [-0.15, -0.1) is 0 Å². The molecule has 118 valence electrons. The molecule has 0 radical (unpaired) electrons. The Morgan fingerprint density at radius 1 is 0.958 bits per heavy atom. The van der Waals surface area contributed by atoms with Gasteiger partial charge in [-0.3, -0.25) is 9.36 Å². The molecule has 0 bridgehead atoms. The average molecular weight is 316 g/mol. The molecule has 0 saturated carbocycles. The standard InChI is InChI=1S/C19H16N4O/c1-13-7-9-15(10-8-13)22-12-20-18-16(19(22)24)11-21-23(18)17-6-4-3-5-14(17)2/h3-12H,1-2H3. The zero-order valence-corrected chi connectivity index (χ0v) is 13.5. The molecule has 4 rings (SSSR count). The maximum atomic E-state index is 12.8. The van der Waals surface area contributed by atoms with Gasteiger partial charge in [0.2, 0.25) is 0 Å². The van der Waals surface area contributed by atoms with Crippen molar-refractivity contribution in [2.75, 3.05) is 0 Å². The third-order valence-corrected chi connectivity index (χ3v) is 4.14. The molecule has 24 heavy (non-hydrogen) atoms. The molecule has 0 saturated heterocycles. The number of benzene rings is 2. The predicted molar refractivity (Wildman–Crippen MR) is 93.9 cm³/mol. The maximum Gasteiger partial charge on any atom is 0.269 e. The third kappa shape index (κ3) is 2.22. The largest absolute Gasteiger partial charge is 0.269 e. The van der Waals surface area contributed by atoms with Crippen molar-refractivity contribution in [2.24, 2.45) is 0 Å². The molecule has 0 spiro atoms. The molecule has 5 nitrogen and oxygen atoms in total. The minimum absolute atomic E-state index is 0.122. The molecule has 2 aromatic carbocycles. The quantitative estimate of drug-likeness (QED) is 0.571. The maximum absolute atomic E-state index is 12.8. The Bertz CT molecular complexity index is 1090. The zero-order valence-electron chi connectivity index (χ0n) is 13.5. The van der Waals surface area contributed by atoms with Crippen LogP contribution in [0.1, 0.15) is 11.1 Å². The molecule has 0 N–H and O–H groups in total. The fraction of sp³-hybridized carbons (Fsp3) is 0.105. The van der Waals surface area contributed by atoms with Crippen molar-refractivity contribution in [3.63, 3.8) is 0 Å². The normalized spacial score (nSPS) is 11.1. The molecule has 0 atom stereocenters. The summed E-state index contributed by atoms with van der Waals surface area (Å²) in [5, 5.41) is 4.88. The molecular formula is C19H16N4O. The first kappa shape index (κ1) is 14.4. The van der Waals surface area contributed by atoms with Crippen molar-refractivity contribution in [1.29, 1.82) is 0 Å². The number of para-hydroxylation sites is 1. The highest BCUT2D eigenvalue weighted by molar-refractivity contribution is 5.75.